The number of phenols is 1. The number of Topliss-reactive ketones (excluding diaryl/α,β-unsaturated/α-hetero) is 1. The van der Waals surface area contributed by atoms with Gasteiger partial charge in [-0.15, -0.1) is 0 Å². The molecule has 2 aromatic carbocycles. The number of hydrogen-bond acceptors (Lipinski definition) is 6. The van der Waals surface area contributed by atoms with Crippen LogP contribution in [0.2, 0.25) is 5.02 Å². The van der Waals surface area contributed by atoms with Crippen LogP contribution in [0, 0.1) is 0 Å². The molecule has 3 rings (SSSR count). The largest absolute Gasteiger partial charge is 0.507 e. The standard InChI is InChI=1S/C20H20ClNO6S/c21-15-6-9-18(23)17(12-15)20(25)28-13-19(24)14-4-7-16(8-5-14)29(26,27)22-10-2-1-3-11-22/h4-9,12,23H,1-3,10-11,13H2. The Morgan fingerprint density at radius 2 is 1.69 bits per heavy atom. The van der Waals surface area contributed by atoms with Crippen molar-refractivity contribution < 1.29 is 27.9 Å². The molecule has 0 saturated carbocycles. The fourth-order valence-electron chi connectivity index (χ4n) is 3.03. The van der Waals surface area contributed by atoms with Gasteiger partial charge in [-0.2, -0.15) is 4.31 Å². The lowest BCUT2D eigenvalue weighted by Crippen LogP contribution is -2.35. The molecule has 1 aliphatic heterocycles. The number of carbonyl (C=O) groups excluding carboxylic acids is 2. The minimum absolute atomic E-state index is 0.122. The van der Waals surface area contributed by atoms with Gasteiger partial charge in [0, 0.05) is 23.7 Å². The predicted molar refractivity (Wildman–Crippen MR) is 107 cm³/mol. The van der Waals surface area contributed by atoms with Crippen molar-refractivity contribution in [3.05, 3.63) is 58.6 Å². The lowest BCUT2D eigenvalue weighted by molar-refractivity contribution is 0.0472. The second-order valence-electron chi connectivity index (χ2n) is 6.65. The molecule has 29 heavy (non-hydrogen) atoms. The maximum Gasteiger partial charge on any atom is 0.342 e. The van der Waals surface area contributed by atoms with Crippen LogP contribution in [-0.4, -0.2) is 49.3 Å². The lowest BCUT2D eigenvalue weighted by atomic mass is 10.1. The molecule has 0 radical (unpaired) electrons. The highest BCUT2D eigenvalue weighted by atomic mass is 35.5. The van der Waals surface area contributed by atoms with Crippen molar-refractivity contribution in [2.75, 3.05) is 19.7 Å². The van der Waals surface area contributed by atoms with Gasteiger partial charge in [-0.1, -0.05) is 18.0 Å². The van der Waals surface area contributed by atoms with Crippen LogP contribution < -0.4 is 0 Å². The van der Waals surface area contributed by atoms with Gasteiger partial charge >= 0.3 is 5.97 Å². The summed E-state index contributed by atoms with van der Waals surface area (Å²) in [5.74, 6) is -1.69. The summed E-state index contributed by atoms with van der Waals surface area (Å²) < 4.78 is 31.7. The average Bonchev–Trinajstić information content (AvgIpc) is 2.74. The van der Waals surface area contributed by atoms with Crippen LogP contribution in [0.3, 0.4) is 0 Å². The minimum Gasteiger partial charge on any atom is -0.507 e. The maximum absolute atomic E-state index is 12.6. The molecule has 1 heterocycles. The summed E-state index contributed by atoms with van der Waals surface area (Å²) >= 11 is 5.79. The lowest BCUT2D eigenvalue weighted by Gasteiger charge is -2.25. The minimum atomic E-state index is -3.58. The number of phenolic OH excluding ortho intramolecular Hbond substituents is 1. The summed E-state index contributed by atoms with van der Waals surface area (Å²) in [7, 11) is -3.58. The Morgan fingerprint density at radius 3 is 2.34 bits per heavy atom. The first-order valence-corrected chi connectivity index (χ1v) is 10.9. The average molecular weight is 438 g/mol. The molecule has 7 nitrogen and oxygen atoms in total. The van der Waals surface area contributed by atoms with Crippen molar-refractivity contribution in [1.29, 1.82) is 0 Å². The molecule has 0 atom stereocenters. The van der Waals surface area contributed by atoms with Gasteiger partial charge in [-0.3, -0.25) is 4.79 Å². The topological polar surface area (TPSA) is 101 Å². The molecule has 0 aromatic heterocycles. The van der Waals surface area contributed by atoms with Gasteiger partial charge in [0.1, 0.15) is 11.3 Å². The zero-order chi connectivity index (χ0) is 21.0. The van der Waals surface area contributed by atoms with E-state index >= 15 is 0 Å². The normalized spacial score (nSPS) is 15.1. The number of aromatic hydroxyl groups is 1. The Kier molecular flexibility index (Phi) is 6.56. The third kappa shape index (κ3) is 4.95. The summed E-state index contributed by atoms with van der Waals surface area (Å²) in [5, 5.41) is 9.94. The number of piperidine rings is 1. The van der Waals surface area contributed by atoms with Crippen LogP contribution in [0.1, 0.15) is 40.0 Å². The number of carbonyl (C=O) groups is 2. The van der Waals surface area contributed by atoms with E-state index in [0.717, 1.165) is 19.3 Å². The highest BCUT2D eigenvalue weighted by Gasteiger charge is 2.26. The van der Waals surface area contributed by atoms with E-state index in [1.54, 1.807) is 0 Å². The molecule has 0 amide bonds. The van der Waals surface area contributed by atoms with E-state index in [0.29, 0.717) is 13.1 Å². The summed E-state index contributed by atoms with van der Waals surface area (Å²) in [4.78, 5) is 24.4. The SMILES string of the molecule is O=C(COC(=O)c1cc(Cl)ccc1O)c1ccc(S(=O)(=O)N2CCCCC2)cc1. The molecule has 1 saturated heterocycles. The Hall–Kier alpha value is -2.42. The molecule has 154 valence electrons. The highest BCUT2D eigenvalue weighted by Crippen LogP contribution is 2.23. The molecule has 0 aliphatic carbocycles. The number of ether oxygens (including phenoxy) is 1. The van der Waals surface area contributed by atoms with Gasteiger partial charge in [-0.25, -0.2) is 13.2 Å². The van der Waals surface area contributed by atoms with Gasteiger partial charge < -0.3 is 9.84 Å². The molecule has 0 spiro atoms. The van der Waals surface area contributed by atoms with Gasteiger partial charge in [-0.05, 0) is 55.3 Å². The predicted octanol–water partition coefficient (Wildman–Crippen LogP) is 3.26. The number of halogens is 1. The van der Waals surface area contributed by atoms with Gasteiger partial charge in [0.05, 0.1) is 4.90 Å². The first-order valence-electron chi connectivity index (χ1n) is 9.08. The van der Waals surface area contributed by atoms with Crippen molar-refractivity contribution in [1.82, 2.24) is 4.31 Å². The zero-order valence-electron chi connectivity index (χ0n) is 15.5. The van der Waals surface area contributed by atoms with E-state index in [2.05, 4.69) is 0 Å². The molecule has 0 bridgehead atoms. The van der Waals surface area contributed by atoms with Crippen LogP contribution in [0.5, 0.6) is 5.75 Å². The van der Waals surface area contributed by atoms with Crippen molar-refractivity contribution in [3.63, 3.8) is 0 Å². The van der Waals surface area contributed by atoms with E-state index in [-0.39, 0.29) is 26.8 Å². The second-order valence-corrected chi connectivity index (χ2v) is 9.02. The van der Waals surface area contributed by atoms with Gasteiger partial charge in [0.25, 0.3) is 0 Å². The fourth-order valence-corrected chi connectivity index (χ4v) is 4.72. The number of nitrogens with zero attached hydrogens (tertiary/aromatic N) is 1. The van der Waals surface area contributed by atoms with Crippen molar-refractivity contribution >= 4 is 33.4 Å². The van der Waals surface area contributed by atoms with Crippen LogP contribution in [0.4, 0.5) is 0 Å². The third-order valence-electron chi connectivity index (χ3n) is 4.64. The first-order chi connectivity index (χ1) is 13.8. The summed E-state index contributed by atoms with van der Waals surface area (Å²) in [6, 6.07) is 9.45. The number of hydrogen-bond donors (Lipinski definition) is 1. The van der Waals surface area contributed by atoms with Crippen LogP contribution >= 0.6 is 11.6 Å². The van der Waals surface area contributed by atoms with Crippen LogP contribution in [-0.2, 0) is 14.8 Å². The zero-order valence-corrected chi connectivity index (χ0v) is 17.1. The molecule has 0 unspecified atom stereocenters. The van der Waals surface area contributed by atoms with E-state index in [4.69, 9.17) is 16.3 Å². The number of rotatable bonds is 6. The Bertz CT molecular complexity index is 1010. The number of sulfonamides is 1. The van der Waals surface area contributed by atoms with Crippen molar-refractivity contribution in [3.8, 4) is 5.75 Å². The summed E-state index contributed by atoms with van der Waals surface area (Å²) in [6.07, 6.45) is 2.69. The van der Waals surface area contributed by atoms with Gasteiger partial charge in [0.15, 0.2) is 12.4 Å². The van der Waals surface area contributed by atoms with E-state index in [9.17, 15) is 23.1 Å². The number of ketones is 1. The fraction of sp³-hybridized carbons (Fsp3) is 0.300. The third-order valence-corrected chi connectivity index (χ3v) is 6.79. The van der Waals surface area contributed by atoms with Gasteiger partial charge in [0.2, 0.25) is 10.0 Å². The number of esters is 1. The molecule has 1 fully saturated rings. The highest BCUT2D eigenvalue weighted by molar-refractivity contribution is 7.89. The quantitative estimate of drug-likeness (QED) is 0.549. The molecular formula is C20H20ClNO6S. The molecule has 9 heteroatoms. The summed E-state index contributed by atoms with van der Waals surface area (Å²) in [5.41, 5.74) is 0.0685. The molecule has 2 aromatic rings. The van der Waals surface area contributed by atoms with Crippen LogP contribution in [0.25, 0.3) is 0 Å². The molecule has 1 aliphatic rings. The Morgan fingerprint density at radius 1 is 1.03 bits per heavy atom. The molecule has 1 N–H and O–H groups in total. The summed E-state index contributed by atoms with van der Waals surface area (Å²) in [6.45, 7) is 0.438. The molecular weight excluding hydrogens is 418 g/mol. The van der Waals surface area contributed by atoms with Crippen molar-refractivity contribution in [2.24, 2.45) is 0 Å². The maximum atomic E-state index is 12.6. The van der Waals surface area contributed by atoms with Crippen molar-refractivity contribution in [2.45, 2.75) is 24.2 Å². The smallest absolute Gasteiger partial charge is 0.342 e. The monoisotopic (exact) mass is 437 g/mol. The number of benzene rings is 2. The second kappa shape index (κ2) is 8.94. The van der Waals surface area contributed by atoms with E-state index in [1.165, 1.54) is 46.8 Å². The Balaban J connectivity index is 1.64. The van der Waals surface area contributed by atoms with E-state index < -0.39 is 28.4 Å². The van der Waals surface area contributed by atoms with E-state index in [1.807, 2.05) is 0 Å². The first kappa shape index (κ1) is 21.3. The van der Waals surface area contributed by atoms with Crippen LogP contribution in [0.15, 0.2) is 47.4 Å². The Labute approximate surface area is 173 Å².